The number of benzene rings is 2. The molecule has 0 bridgehead atoms. The fourth-order valence-electron chi connectivity index (χ4n) is 2.75. The summed E-state index contributed by atoms with van der Waals surface area (Å²) >= 11 is 8.51. The van der Waals surface area contributed by atoms with Crippen molar-refractivity contribution in [1.82, 2.24) is 10.2 Å². The number of carbonyl (C=O) groups is 2. The van der Waals surface area contributed by atoms with Crippen LogP contribution in [0.25, 0.3) is 6.08 Å². The van der Waals surface area contributed by atoms with E-state index in [4.69, 9.17) is 17.0 Å². The zero-order valence-corrected chi connectivity index (χ0v) is 18.2. The third-order valence-corrected chi connectivity index (χ3v) is 5.10. The molecule has 0 aliphatic carbocycles. The van der Waals surface area contributed by atoms with Gasteiger partial charge in [0, 0.05) is 16.6 Å². The smallest absolute Gasteiger partial charge is 0.265 e. The lowest BCUT2D eigenvalue weighted by atomic mass is 10.1. The molecule has 2 aromatic rings. The number of nitrogens with one attached hydrogen (secondary N) is 1. The summed E-state index contributed by atoms with van der Waals surface area (Å²) in [6.07, 6.45) is 3.07. The molecule has 1 aliphatic rings. The van der Waals surface area contributed by atoms with Crippen LogP contribution in [0.15, 0.2) is 65.2 Å². The van der Waals surface area contributed by atoms with E-state index < -0.39 is 11.8 Å². The minimum atomic E-state index is -0.537. The molecular weight excluding hydrogens is 452 g/mol. The summed E-state index contributed by atoms with van der Waals surface area (Å²) in [6.45, 7) is 6.23. The summed E-state index contributed by atoms with van der Waals surface area (Å²) in [5.74, 6) is -0.446. The highest BCUT2D eigenvalue weighted by Gasteiger charge is 2.32. The number of halogens is 1. The fraction of sp³-hybridized carbons (Fsp3) is 0.136. The van der Waals surface area contributed by atoms with E-state index in [9.17, 15) is 9.59 Å². The zero-order valence-electron chi connectivity index (χ0n) is 15.8. The van der Waals surface area contributed by atoms with Crippen molar-refractivity contribution in [3.63, 3.8) is 0 Å². The normalized spacial score (nSPS) is 15.4. The van der Waals surface area contributed by atoms with Crippen LogP contribution in [0.3, 0.4) is 0 Å². The Balaban J connectivity index is 1.90. The predicted molar refractivity (Wildman–Crippen MR) is 120 cm³/mol. The number of hydrogen-bond donors (Lipinski definition) is 1. The van der Waals surface area contributed by atoms with E-state index >= 15 is 0 Å². The van der Waals surface area contributed by atoms with Gasteiger partial charge in [-0.05, 0) is 49.0 Å². The van der Waals surface area contributed by atoms with Gasteiger partial charge in [-0.2, -0.15) is 0 Å². The van der Waals surface area contributed by atoms with E-state index in [1.165, 1.54) is 16.5 Å². The molecule has 0 atom stereocenters. The summed E-state index contributed by atoms with van der Waals surface area (Å²) in [7, 11) is 0. The largest absolute Gasteiger partial charge is 0.488 e. The summed E-state index contributed by atoms with van der Waals surface area (Å²) in [4.78, 5) is 26.4. The van der Waals surface area contributed by atoms with Crippen LogP contribution in [-0.4, -0.2) is 28.4 Å². The van der Waals surface area contributed by atoms with Gasteiger partial charge in [-0.3, -0.25) is 19.8 Å². The van der Waals surface area contributed by atoms with E-state index in [1.54, 1.807) is 18.2 Å². The van der Waals surface area contributed by atoms with Gasteiger partial charge in [0.2, 0.25) is 0 Å². The first-order valence-corrected chi connectivity index (χ1v) is 10.1. The third-order valence-electron chi connectivity index (χ3n) is 4.28. The van der Waals surface area contributed by atoms with E-state index in [2.05, 4.69) is 27.8 Å². The molecule has 0 radical (unpaired) electrons. The van der Waals surface area contributed by atoms with Crippen LogP contribution in [-0.2, 0) is 16.2 Å². The van der Waals surface area contributed by atoms with Crippen LogP contribution in [0.1, 0.15) is 16.7 Å². The van der Waals surface area contributed by atoms with Crippen molar-refractivity contribution in [2.75, 3.05) is 6.54 Å². The van der Waals surface area contributed by atoms with Crippen molar-refractivity contribution >= 4 is 51.2 Å². The number of hydrogen-bond acceptors (Lipinski definition) is 4. The molecule has 7 heteroatoms. The molecule has 3 rings (SSSR count). The number of aryl methyl sites for hydroxylation is 1. The van der Waals surface area contributed by atoms with Crippen LogP contribution in [0.4, 0.5) is 0 Å². The molecule has 1 N–H and O–H groups in total. The van der Waals surface area contributed by atoms with Gasteiger partial charge in [0.05, 0.1) is 0 Å². The van der Waals surface area contributed by atoms with Crippen LogP contribution in [0.2, 0.25) is 0 Å². The Labute approximate surface area is 183 Å². The van der Waals surface area contributed by atoms with Gasteiger partial charge in [-0.25, -0.2) is 0 Å². The maximum atomic E-state index is 12.8. The highest BCUT2D eigenvalue weighted by Crippen LogP contribution is 2.27. The Bertz CT molecular complexity index is 1020. The second-order valence-electron chi connectivity index (χ2n) is 6.48. The monoisotopic (exact) mass is 470 g/mol. The zero-order chi connectivity index (χ0) is 21.0. The number of thiocarbonyl (C=S) groups is 1. The highest BCUT2D eigenvalue weighted by molar-refractivity contribution is 9.10. The quantitative estimate of drug-likeness (QED) is 0.298. The van der Waals surface area contributed by atoms with Gasteiger partial charge in [0.25, 0.3) is 11.8 Å². The number of nitrogens with zero attached hydrogens (tertiary/aromatic N) is 1. The first-order valence-electron chi connectivity index (χ1n) is 8.86. The molecule has 1 heterocycles. The van der Waals surface area contributed by atoms with Crippen molar-refractivity contribution in [2.24, 2.45) is 0 Å². The van der Waals surface area contributed by atoms with Crippen LogP contribution in [0.5, 0.6) is 5.75 Å². The predicted octanol–water partition coefficient (Wildman–Crippen LogP) is 4.15. The lowest BCUT2D eigenvalue weighted by Crippen LogP contribution is -2.53. The van der Waals surface area contributed by atoms with E-state index in [-0.39, 0.29) is 17.2 Å². The molecule has 1 fully saturated rings. The Kier molecular flexibility index (Phi) is 6.61. The molecule has 0 spiro atoms. The van der Waals surface area contributed by atoms with Crippen molar-refractivity contribution in [3.05, 3.63) is 81.9 Å². The summed E-state index contributed by atoms with van der Waals surface area (Å²) < 4.78 is 6.76. The van der Waals surface area contributed by atoms with E-state index in [0.717, 1.165) is 10.0 Å². The average molecular weight is 471 g/mol. The van der Waals surface area contributed by atoms with Crippen LogP contribution < -0.4 is 10.1 Å². The minimum absolute atomic E-state index is 0.0151. The second kappa shape index (κ2) is 9.15. The SMILES string of the molecule is C=CCN1C(=O)/C(=C/c2cc(Br)ccc2OCc2ccc(C)cc2)C(=O)NC1=S. The molecule has 1 aliphatic heterocycles. The number of rotatable bonds is 6. The maximum absolute atomic E-state index is 12.8. The summed E-state index contributed by atoms with van der Waals surface area (Å²) in [6, 6.07) is 13.5. The van der Waals surface area contributed by atoms with Gasteiger partial charge in [-0.1, -0.05) is 51.8 Å². The molecule has 5 nitrogen and oxygen atoms in total. The van der Waals surface area contributed by atoms with Crippen LogP contribution in [0, 0.1) is 6.92 Å². The molecule has 0 saturated carbocycles. The molecule has 1 saturated heterocycles. The molecular formula is C22H19BrN2O3S. The molecule has 2 amide bonds. The van der Waals surface area contributed by atoms with Crippen molar-refractivity contribution in [3.8, 4) is 5.75 Å². The second-order valence-corrected chi connectivity index (χ2v) is 7.78. The Morgan fingerprint density at radius 2 is 1.93 bits per heavy atom. The summed E-state index contributed by atoms with van der Waals surface area (Å²) in [5.41, 5.74) is 2.79. The summed E-state index contributed by atoms with van der Waals surface area (Å²) in [5, 5.41) is 2.61. The minimum Gasteiger partial charge on any atom is -0.488 e. The van der Waals surface area contributed by atoms with Gasteiger partial charge in [0.15, 0.2) is 5.11 Å². The fourth-order valence-corrected chi connectivity index (χ4v) is 3.38. The highest BCUT2D eigenvalue weighted by atomic mass is 79.9. The first-order chi connectivity index (χ1) is 13.9. The lowest BCUT2D eigenvalue weighted by Gasteiger charge is -2.27. The first kappa shape index (κ1) is 21.0. The van der Waals surface area contributed by atoms with E-state index in [1.807, 2.05) is 37.3 Å². The average Bonchev–Trinajstić information content (AvgIpc) is 2.69. The van der Waals surface area contributed by atoms with Gasteiger partial charge in [-0.15, -0.1) is 6.58 Å². The molecule has 0 aromatic heterocycles. The molecule has 0 unspecified atom stereocenters. The van der Waals surface area contributed by atoms with Crippen LogP contribution >= 0.6 is 28.1 Å². The standard InChI is InChI=1S/C22H19BrN2O3S/c1-3-10-25-21(27)18(20(26)24-22(25)29)12-16-11-17(23)8-9-19(16)28-13-15-6-4-14(2)5-7-15/h3-9,11-12H,1,10,13H2,2H3,(H,24,26,29)/b18-12+. The number of amides is 2. The molecule has 148 valence electrons. The number of carbonyl (C=O) groups excluding carboxylic acids is 2. The maximum Gasteiger partial charge on any atom is 0.265 e. The van der Waals surface area contributed by atoms with Crippen molar-refractivity contribution < 1.29 is 14.3 Å². The number of ether oxygens (including phenoxy) is 1. The topological polar surface area (TPSA) is 58.6 Å². The van der Waals surface area contributed by atoms with E-state index in [0.29, 0.717) is 17.9 Å². The third kappa shape index (κ3) is 4.99. The van der Waals surface area contributed by atoms with Crippen molar-refractivity contribution in [1.29, 1.82) is 0 Å². The van der Waals surface area contributed by atoms with Gasteiger partial charge >= 0.3 is 0 Å². The molecule has 2 aromatic carbocycles. The van der Waals surface area contributed by atoms with Crippen molar-refractivity contribution in [2.45, 2.75) is 13.5 Å². The Morgan fingerprint density at radius 3 is 2.62 bits per heavy atom. The van der Waals surface area contributed by atoms with Gasteiger partial charge in [0.1, 0.15) is 17.9 Å². The Hall–Kier alpha value is -2.77. The van der Waals surface area contributed by atoms with Gasteiger partial charge < -0.3 is 4.74 Å². The Morgan fingerprint density at radius 1 is 1.21 bits per heavy atom. The molecule has 29 heavy (non-hydrogen) atoms. The lowest BCUT2D eigenvalue weighted by molar-refractivity contribution is -0.128.